The highest BCUT2D eigenvalue weighted by molar-refractivity contribution is 6.29. The molecular weight excluding hydrogens is 418 g/mol. The first-order valence-corrected chi connectivity index (χ1v) is 10.4. The number of pyridine rings is 2. The lowest BCUT2D eigenvalue weighted by Gasteiger charge is -2.33. The Bertz CT molecular complexity index is 1180. The number of amides is 2. The minimum atomic E-state index is -0.903. The molecule has 0 saturated carbocycles. The van der Waals surface area contributed by atoms with Crippen LogP contribution in [0.15, 0.2) is 48.5 Å². The van der Waals surface area contributed by atoms with Crippen LogP contribution in [-0.2, 0) is 4.74 Å². The molecule has 1 saturated heterocycles. The number of benzene rings is 1. The molecular formula is C22H20ClN5O3. The van der Waals surface area contributed by atoms with Crippen LogP contribution in [0.4, 0.5) is 10.6 Å². The number of likely N-dealkylation sites (N-methyl/N-ethyl adjacent to an activating group) is 1. The zero-order chi connectivity index (χ0) is 21.5. The van der Waals surface area contributed by atoms with Gasteiger partial charge in [0.25, 0.3) is 5.91 Å². The van der Waals surface area contributed by atoms with Crippen molar-refractivity contribution in [3.8, 4) is 0 Å². The maximum atomic E-state index is 13.2. The molecule has 1 aromatic carbocycles. The second-order valence-corrected chi connectivity index (χ2v) is 8.03. The van der Waals surface area contributed by atoms with Crippen LogP contribution in [0, 0.1) is 0 Å². The molecule has 1 atom stereocenters. The molecule has 0 radical (unpaired) electrons. The predicted molar refractivity (Wildman–Crippen MR) is 116 cm³/mol. The third-order valence-corrected chi connectivity index (χ3v) is 5.85. The first-order chi connectivity index (χ1) is 15.0. The molecule has 2 amide bonds. The zero-order valence-electron chi connectivity index (χ0n) is 16.9. The maximum Gasteiger partial charge on any atom is 0.412 e. The Morgan fingerprint density at radius 2 is 1.77 bits per heavy atom. The Labute approximate surface area is 184 Å². The number of halogens is 1. The van der Waals surface area contributed by atoms with E-state index in [1.807, 2.05) is 25.2 Å². The summed E-state index contributed by atoms with van der Waals surface area (Å²) in [5.74, 6) is 0.0697. The predicted octanol–water partition coefficient (Wildman–Crippen LogP) is 3.33. The third-order valence-electron chi connectivity index (χ3n) is 5.64. The minimum Gasteiger partial charge on any atom is -0.420 e. The summed E-state index contributed by atoms with van der Waals surface area (Å²) in [6.45, 7) is 2.71. The van der Waals surface area contributed by atoms with Gasteiger partial charge in [0.05, 0.1) is 0 Å². The van der Waals surface area contributed by atoms with E-state index in [1.54, 1.807) is 35.2 Å². The minimum absolute atomic E-state index is 0.277. The fourth-order valence-corrected chi connectivity index (χ4v) is 4.02. The van der Waals surface area contributed by atoms with E-state index in [0.29, 0.717) is 40.8 Å². The van der Waals surface area contributed by atoms with Crippen LogP contribution in [0.5, 0.6) is 0 Å². The Kier molecular flexibility index (Phi) is 4.95. The average Bonchev–Trinajstić information content (AvgIpc) is 3.05. The highest BCUT2D eigenvalue weighted by Gasteiger charge is 2.41. The number of carbonyl (C=O) groups is 2. The topological polar surface area (TPSA) is 78.9 Å². The van der Waals surface area contributed by atoms with Gasteiger partial charge in [0.2, 0.25) is 6.23 Å². The van der Waals surface area contributed by atoms with Crippen molar-refractivity contribution in [2.24, 2.45) is 0 Å². The lowest BCUT2D eigenvalue weighted by molar-refractivity contribution is 0.0489. The summed E-state index contributed by atoms with van der Waals surface area (Å²) in [5, 5.41) is 1.11. The number of piperazine rings is 1. The summed E-state index contributed by atoms with van der Waals surface area (Å²) in [5.41, 5.74) is 1.54. The third kappa shape index (κ3) is 3.58. The summed E-state index contributed by atoms with van der Waals surface area (Å²) in [7, 11) is 2.02. The summed E-state index contributed by atoms with van der Waals surface area (Å²) in [6.07, 6.45) is -1.35. The number of hydrogen-bond acceptors (Lipinski definition) is 6. The second kappa shape index (κ2) is 7.79. The number of fused-ring (bicyclic) bond motifs is 2. The van der Waals surface area contributed by atoms with Crippen molar-refractivity contribution >= 4 is 40.5 Å². The zero-order valence-corrected chi connectivity index (χ0v) is 17.6. The van der Waals surface area contributed by atoms with Crippen molar-refractivity contribution in [3.63, 3.8) is 0 Å². The van der Waals surface area contributed by atoms with Gasteiger partial charge in [0, 0.05) is 42.7 Å². The van der Waals surface area contributed by atoms with E-state index >= 15 is 0 Å². The summed E-state index contributed by atoms with van der Waals surface area (Å²) in [4.78, 5) is 40.1. The van der Waals surface area contributed by atoms with Gasteiger partial charge in [-0.3, -0.25) is 9.69 Å². The van der Waals surface area contributed by atoms with Crippen LogP contribution in [0.1, 0.15) is 22.1 Å². The number of nitrogens with zero attached hydrogens (tertiary/aromatic N) is 5. The normalized spacial score (nSPS) is 19.0. The number of aromatic nitrogens is 2. The van der Waals surface area contributed by atoms with Gasteiger partial charge in [-0.25, -0.2) is 14.8 Å². The molecule has 4 heterocycles. The van der Waals surface area contributed by atoms with Crippen LogP contribution >= 0.6 is 11.6 Å². The van der Waals surface area contributed by atoms with E-state index in [9.17, 15) is 9.59 Å². The van der Waals surface area contributed by atoms with Gasteiger partial charge in [0.1, 0.15) is 11.0 Å². The fraction of sp³-hybridized carbons (Fsp3) is 0.273. The lowest BCUT2D eigenvalue weighted by Crippen LogP contribution is -2.48. The Morgan fingerprint density at radius 1 is 1.03 bits per heavy atom. The molecule has 5 rings (SSSR count). The molecule has 1 fully saturated rings. The summed E-state index contributed by atoms with van der Waals surface area (Å²) in [6, 6.07) is 14.2. The van der Waals surface area contributed by atoms with Gasteiger partial charge in [-0.2, -0.15) is 0 Å². The van der Waals surface area contributed by atoms with E-state index in [0.717, 1.165) is 18.5 Å². The second-order valence-electron chi connectivity index (χ2n) is 7.64. The lowest BCUT2D eigenvalue weighted by atomic mass is 10.1. The molecule has 2 aromatic heterocycles. The van der Waals surface area contributed by atoms with Crippen molar-refractivity contribution in [3.05, 3.63) is 64.8 Å². The molecule has 0 bridgehead atoms. The van der Waals surface area contributed by atoms with Crippen molar-refractivity contribution in [2.75, 3.05) is 38.1 Å². The smallest absolute Gasteiger partial charge is 0.412 e. The number of anilines is 1. The van der Waals surface area contributed by atoms with Gasteiger partial charge >= 0.3 is 6.09 Å². The van der Waals surface area contributed by atoms with Crippen LogP contribution in [0.3, 0.4) is 0 Å². The first kappa shape index (κ1) is 19.7. The highest BCUT2D eigenvalue weighted by atomic mass is 35.5. The summed E-state index contributed by atoms with van der Waals surface area (Å²) < 4.78 is 5.87. The van der Waals surface area contributed by atoms with E-state index < -0.39 is 12.3 Å². The monoisotopic (exact) mass is 437 g/mol. The van der Waals surface area contributed by atoms with Crippen LogP contribution in [0.25, 0.3) is 11.0 Å². The van der Waals surface area contributed by atoms with Crippen molar-refractivity contribution in [1.29, 1.82) is 0 Å². The van der Waals surface area contributed by atoms with Crippen LogP contribution in [0.2, 0.25) is 5.15 Å². The van der Waals surface area contributed by atoms with Crippen molar-refractivity contribution < 1.29 is 14.3 Å². The molecule has 0 spiro atoms. The molecule has 9 heteroatoms. The van der Waals surface area contributed by atoms with Crippen molar-refractivity contribution in [2.45, 2.75) is 6.23 Å². The Balaban J connectivity index is 1.51. The van der Waals surface area contributed by atoms with Crippen molar-refractivity contribution in [1.82, 2.24) is 19.8 Å². The van der Waals surface area contributed by atoms with E-state index in [4.69, 9.17) is 16.3 Å². The van der Waals surface area contributed by atoms with Crippen LogP contribution < -0.4 is 4.90 Å². The standard InChI is InChI=1S/C22H20ClN5O3/c1-26-10-12-27(13-11-26)22(30)31-21-16-5-3-2-4-15(16)20(29)28(21)18-9-7-14-6-8-17(23)24-19(14)25-18/h2-9,21H,10-13H2,1H3. The Morgan fingerprint density at radius 3 is 2.58 bits per heavy atom. The van der Waals surface area contributed by atoms with E-state index in [1.165, 1.54) is 4.90 Å². The SMILES string of the molecule is CN1CCN(C(=O)OC2c3ccccc3C(=O)N2c2ccc3ccc(Cl)nc3n2)CC1. The van der Waals surface area contributed by atoms with Gasteiger partial charge in [-0.05, 0) is 37.4 Å². The maximum absolute atomic E-state index is 13.2. The van der Waals surface area contributed by atoms with Gasteiger partial charge in [0.15, 0.2) is 5.65 Å². The summed E-state index contributed by atoms with van der Waals surface area (Å²) >= 11 is 6.02. The molecule has 158 valence electrons. The first-order valence-electron chi connectivity index (χ1n) is 10.0. The molecule has 8 nitrogen and oxygen atoms in total. The number of carbonyl (C=O) groups excluding carboxylic acids is 2. The molecule has 1 unspecified atom stereocenters. The molecule has 0 N–H and O–H groups in total. The van der Waals surface area contributed by atoms with Gasteiger partial charge in [-0.15, -0.1) is 0 Å². The highest BCUT2D eigenvalue weighted by Crippen LogP contribution is 2.38. The molecule has 31 heavy (non-hydrogen) atoms. The fourth-order valence-electron chi connectivity index (χ4n) is 3.88. The largest absolute Gasteiger partial charge is 0.420 e. The molecule has 0 aliphatic carbocycles. The van der Waals surface area contributed by atoms with Gasteiger partial charge < -0.3 is 14.5 Å². The Hall–Kier alpha value is -3.23. The number of rotatable bonds is 2. The quantitative estimate of drug-likeness (QED) is 0.572. The molecule has 3 aromatic rings. The van der Waals surface area contributed by atoms with E-state index in [-0.39, 0.29) is 5.91 Å². The average molecular weight is 438 g/mol. The van der Waals surface area contributed by atoms with Crippen LogP contribution in [-0.4, -0.2) is 65.0 Å². The van der Waals surface area contributed by atoms with E-state index in [2.05, 4.69) is 14.9 Å². The van der Waals surface area contributed by atoms with Gasteiger partial charge in [-0.1, -0.05) is 29.8 Å². The number of hydrogen-bond donors (Lipinski definition) is 0. The number of ether oxygens (including phenoxy) is 1. The molecule has 2 aliphatic heterocycles. The molecule has 2 aliphatic rings.